The molecule has 0 saturated heterocycles. The molecule has 1 N–H and O–H groups in total. The highest BCUT2D eigenvalue weighted by Gasteiger charge is 2.33. The molecule has 86 valence electrons. The fourth-order valence-corrected chi connectivity index (χ4v) is 3.08. The molecule has 0 aromatic rings. The molecule has 0 radical (unpaired) electrons. The molecule has 1 unspecified atom stereocenters. The summed E-state index contributed by atoms with van der Waals surface area (Å²) < 4.78 is 0. The summed E-state index contributed by atoms with van der Waals surface area (Å²) in [5.74, 6) is 0. The summed E-state index contributed by atoms with van der Waals surface area (Å²) >= 11 is 0. The second-order valence-electron chi connectivity index (χ2n) is 5.89. The van der Waals surface area contributed by atoms with E-state index in [4.69, 9.17) is 0 Å². The maximum atomic E-state index is 3.76. The standard InChI is InChI=1S/C14H25N/c1-14(2)10-5-8-13(14)15-11-9-12-6-3-4-7-12/h6,13,15H,3-5,7-11H2,1-2H3. The molecule has 1 heteroatoms. The van der Waals surface area contributed by atoms with Crippen LogP contribution in [0.25, 0.3) is 0 Å². The lowest BCUT2D eigenvalue weighted by Gasteiger charge is -2.28. The lowest BCUT2D eigenvalue weighted by molar-refractivity contribution is 0.285. The Morgan fingerprint density at radius 3 is 2.87 bits per heavy atom. The lowest BCUT2D eigenvalue weighted by Crippen LogP contribution is -2.38. The Labute approximate surface area is 94.3 Å². The topological polar surface area (TPSA) is 12.0 Å². The van der Waals surface area contributed by atoms with Gasteiger partial charge >= 0.3 is 0 Å². The van der Waals surface area contributed by atoms with E-state index in [1.807, 2.05) is 0 Å². The minimum absolute atomic E-state index is 0.532. The van der Waals surface area contributed by atoms with Gasteiger partial charge in [0.15, 0.2) is 0 Å². The smallest absolute Gasteiger partial charge is 0.0118 e. The van der Waals surface area contributed by atoms with Crippen LogP contribution in [0.5, 0.6) is 0 Å². The molecule has 2 rings (SSSR count). The Morgan fingerprint density at radius 2 is 2.27 bits per heavy atom. The molecular weight excluding hydrogens is 182 g/mol. The van der Waals surface area contributed by atoms with Gasteiger partial charge in [-0.25, -0.2) is 0 Å². The van der Waals surface area contributed by atoms with Crippen molar-refractivity contribution in [3.8, 4) is 0 Å². The van der Waals surface area contributed by atoms with E-state index >= 15 is 0 Å². The Hall–Kier alpha value is -0.300. The van der Waals surface area contributed by atoms with E-state index in [0.717, 1.165) is 6.04 Å². The zero-order valence-electron chi connectivity index (χ0n) is 10.3. The van der Waals surface area contributed by atoms with E-state index < -0.39 is 0 Å². The molecule has 1 nitrogen and oxygen atoms in total. The second kappa shape index (κ2) is 4.69. The average Bonchev–Trinajstić information content (AvgIpc) is 2.77. The van der Waals surface area contributed by atoms with Crippen LogP contribution in [-0.2, 0) is 0 Å². The summed E-state index contributed by atoms with van der Waals surface area (Å²) in [6, 6.07) is 0.763. The van der Waals surface area contributed by atoms with Crippen LogP contribution in [0.4, 0.5) is 0 Å². The van der Waals surface area contributed by atoms with Crippen LogP contribution >= 0.6 is 0 Å². The van der Waals surface area contributed by atoms with Crippen LogP contribution in [0.1, 0.15) is 58.8 Å². The van der Waals surface area contributed by atoms with Gasteiger partial charge in [-0.3, -0.25) is 0 Å². The predicted octanol–water partition coefficient (Wildman–Crippen LogP) is 3.66. The minimum Gasteiger partial charge on any atom is -0.313 e. The molecule has 2 aliphatic rings. The van der Waals surface area contributed by atoms with Crippen molar-refractivity contribution in [3.05, 3.63) is 11.6 Å². The predicted molar refractivity (Wildman–Crippen MR) is 66.0 cm³/mol. The van der Waals surface area contributed by atoms with Crippen molar-refractivity contribution in [2.45, 2.75) is 64.8 Å². The van der Waals surface area contributed by atoms with Crippen molar-refractivity contribution in [3.63, 3.8) is 0 Å². The van der Waals surface area contributed by atoms with Crippen molar-refractivity contribution in [1.82, 2.24) is 5.32 Å². The fraction of sp³-hybridized carbons (Fsp3) is 0.857. The molecule has 0 aromatic carbocycles. The van der Waals surface area contributed by atoms with Gasteiger partial charge in [0.1, 0.15) is 0 Å². The first-order chi connectivity index (χ1) is 7.18. The van der Waals surface area contributed by atoms with Crippen LogP contribution in [0.3, 0.4) is 0 Å². The monoisotopic (exact) mass is 207 g/mol. The first-order valence-corrected chi connectivity index (χ1v) is 6.60. The molecular formula is C14H25N. The number of hydrogen-bond donors (Lipinski definition) is 1. The van der Waals surface area contributed by atoms with Crippen LogP contribution in [0.15, 0.2) is 11.6 Å². The molecule has 0 heterocycles. The summed E-state index contributed by atoms with van der Waals surface area (Å²) in [6.45, 7) is 6.01. The lowest BCUT2D eigenvalue weighted by atomic mass is 9.87. The summed E-state index contributed by atoms with van der Waals surface area (Å²) in [5, 5.41) is 3.76. The van der Waals surface area contributed by atoms with E-state index in [1.165, 1.54) is 51.5 Å². The molecule has 0 amide bonds. The third-order valence-electron chi connectivity index (χ3n) is 4.23. The summed E-state index contributed by atoms with van der Waals surface area (Å²) in [6.07, 6.45) is 12.0. The van der Waals surface area contributed by atoms with E-state index in [1.54, 1.807) is 5.57 Å². The summed E-state index contributed by atoms with van der Waals surface area (Å²) in [4.78, 5) is 0. The minimum atomic E-state index is 0.532. The molecule has 1 atom stereocenters. The SMILES string of the molecule is CC1(C)CCCC1NCCC1=CCCC1. The van der Waals surface area contributed by atoms with E-state index in [-0.39, 0.29) is 0 Å². The van der Waals surface area contributed by atoms with Gasteiger partial charge in [-0.2, -0.15) is 0 Å². The Bertz CT molecular complexity index is 240. The van der Waals surface area contributed by atoms with Gasteiger partial charge in [0.05, 0.1) is 0 Å². The Balaban J connectivity index is 1.69. The van der Waals surface area contributed by atoms with Crippen molar-refractivity contribution in [2.24, 2.45) is 5.41 Å². The van der Waals surface area contributed by atoms with Gasteiger partial charge in [-0.15, -0.1) is 0 Å². The number of allylic oxidation sites excluding steroid dienone is 1. The first-order valence-electron chi connectivity index (χ1n) is 6.60. The highest BCUT2D eigenvalue weighted by atomic mass is 14.9. The fourth-order valence-electron chi connectivity index (χ4n) is 3.08. The van der Waals surface area contributed by atoms with Crippen molar-refractivity contribution in [1.29, 1.82) is 0 Å². The van der Waals surface area contributed by atoms with Crippen LogP contribution < -0.4 is 5.32 Å². The largest absolute Gasteiger partial charge is 0.313 e. The third kappa shape index (κ3) is 2.84. The van der Waals surface area contributed by atoms with E-state index in [0.29, 0.717) is 5.41 Å². The van der Waals surface area contributed by atoms with Crippen LogP contribution in [0, 0.1) is 5.41 Å². The number of hydrogen-bond acceptors (Lipinski definition) is 1. The van der Waals surface area contributed by atoms with Gasteiger partial charge in [0, 0.05) is 6.04 Å². The van der Waals surface area contributed by atoms with Gasteiger partial charge in [-0.05, 0) is 50.5 Å². The molecule has 2 aliphatic carbocycles. The number of nitrogens with one attached hydrogen (secondary N) is 1. The van der Waals surface area contributed by atoms with Crippen molar-refractivity contribution in [2.75, 3.05) is 6.54 Å². The summed E-state index contributed by atoms with van der Waals surface area (Å²) in [7, 11) is 0. The highest BCUT2D eigenvalue weighted by Crippen LogP contribution is 2.37. The van der Waals surface area contributed by atoms with Crippen molar-refractivity contribution >= 4 is 0 Å². The van der Waals surface area contributed by atoms with E-state index in [2.05, 4.69) is 25.2 Å². The maximum absolute atomic E-state index is 3.76. The van der Waals surface area contributed by atoms with Crippen molar-refractivity contribution < 1.29 is 0 Å². The van der Waals surface area contributed by atoms with Gasteiger partial charge in [0.2, 0.25) is 0 Å². The normalized spacial score (nSPS) is 29.5. The Kier molecular flexibility index (Phi) is 3.50. The molecule has 0 spiro atoms. The molecule has 0 aliphatic heterocycles. The zero-order valence-corrected chi connectivity index (χ0v) is 10.3. The highest BCUT2D eigenvalue weighted by molar-refractivity contribution is 5.07. The van der Waals surface area contributed by atoms with Crippen LogP contribution in [0.2, 0.25) is 0 Å². The van der Waals surface area contributed by atoms with Gasteiger partial charge < -0.3 is 5.32 Å². The average molecular weight is 207 g/mol. The quantitative estimate of drug-likeness (QED) is 0.694. The molecule has 0 aromatic heterocycles. The van der Waals surface area contributed by atoms with Gasteiger partial charge in [0.25, 0.3) is 0 Å². The second-order valence-corrected chi connectivity index (χ2v) is 5.89. The van der Waals surface area contributed by atoms with Gasteiger partial charge in [-0.1, -0.05) is 31.9 Å². The van der Waals surface area contributed by atoms with E-state index in [9.17, 15) is 0 Å². The molecule has 1 saturated carbocycles. The first kappa shape index (κ1) is 11.2. The molecule has 15 heavy (non-hydrogen) atoms. The number of rotatable bonds is 4. The molecule has 1 fully saturated rings. The van der Waals surface area contributed by atoms with Crippen LogP contribution in [-0.4, -0.2) is 12.6 Å². The summed E-state index contributed by atoms with van der Waals surface area (Å²) in [5.41, 5.74) is 2.22. The Morgan fingerprint density at radius 1 is 1.40 bits per heavy atom. The maximum Gasteiger partial charge on any atom is 0.0118 e. The zero-order chi connectivity index (χ0) is 10.7. The molecule has 0 bridgehead atoms. The third-order valence-corrected chi connectivity index (χ3v) is 4.23.